The lowest BCUT2D eigenvalue weighted by Gasteiger charge is -2.11. The highest BCUT2D eigenvalue weighted by molar-refractivity contribution is 5.77. The molecule has 1 saturated heterocycles. The Kier molecular flexibility index (Phi) is 2.27. The van der Waals surface area contributed by atoms with Crippen molar-refractivity contribution in [1.82, 2.24) is 0 Å². The summed E-state index contributed by atoms with van der Waals surface area (Å²) in [6.45, 7) is 2.87. The number of nitrogens with two attached hydrogens (primary N) is 1. The zero-order chi connectivity index (χ0) is 7.56. The summed E-state index contributed by atoms with van der Waals surface area (Å²) in [4.78, 5) is 0. The smallest absolute Gasteiger partial charge is 0.0909 e. The van der Waals surface area contributed by atoms with Gasteiger partial charge in [0.05, 0.1) is 11.9 Å². The fourth-order valence-electron chi connectivity index (χ4n) is 1.33. The molecule has 0 saturated carbocycles. The van der Waals surface area contributed by atoms with Gasteiger partial charge in [-0.25, -0.2) is 0 Å². The molecule has 0 radical (unpaired) electrons. The van der Waals surface area contributed by atoms with Gasteiger partial charge in [0.1, 0.15) is 0 Å². The molecule has 1 aliphatic heterocycles. The number of nitrogens with one attached hydrogen (secondary N) is 1. The van der Waals surface area contributed by atoms with E-state index in [4.69, 9.17) is 15.9 Å². The van der Waals surface area contributed by atoms with E-state index >= 15 is 0 Å². The van der Waals surface area contributed by atoms with Gasteiger partial charge in [-0.05, 0) is 19.3 Å². The Hall–Kier alpha value is -0.570. The Balaban J connectivity index is 2.33. The molecule has 0 spiro atoms. The average Bonchev–Trinajstić information content (AvgIpc) is 2.15. The summed E-state index contributed by atoms with van der Waals surface area (Å²) in [6.07, 6.45) is 2.05. The van der Waals surface area contributed by atoms with Gasteiger partial charge in [-0.1, -0.05) is 0 Å². The molecule has 1 heterocycles. The van der Waals surface area contributed by atoms with Crippen LogP contribution < -0.4 is 5.73 Å². The first-order valence-corrected chi connectivity index (χ1v) is 3.64. The molecular formula is C7H14N2O. The number of ether oxygens (including phenoxy) is 1. The molecule has 2 atom stereocenters. The minimum Gasteiger partial charge on any atom is -0.388 e. The lowest BCUT2D eigenvalue weighted by Crippen LogP contribution is -2.20. The summed E-state index contributed by atoms with van der Waals surface area (Å²) < 4.78 is 5.31. The maximum absolute atomic E-state index is 7.07. The molecule has 2 unspecified atom stereocenters. The van der Waals surface area contributed by atoms with Crippen molar-refractivity contribution in [1.29, 1.82) is 5.41 Å². The van der Waals surface area contributed by atoms with Crippen molar-refractivity contribution in [2.75, 3.05) is 6.61 Å². The quantitative estimate of drug-likeness (QED) is 0.441. The monoisotopic (exact) mass is 142 g/mol. The topological polar surface area (TPSA) is 59.1 Å². The van der Waals surface area contributed by atoms with Gasteiger partial charge in [-0.3, -0.25) is 5.41 Å². The molecule has 3 N–H and O–H groups in total. The van der Waals surface area contributed by atoms with Crippen LogP contribution in [0.25, 0.3) is 0 Å². The van der Waals surface area contributed by atoms with Gasteiger partial charge < -0.3 is 10.5 Å². The summed E-state index contributed by atoms with van der Waals surface area (Å²) in [6, 6.07) is 0. The van der Waals surface area contributed by atoms with Crippen LogP contribution in [0.4, 0.5) is 0 Å². The van der Waals surface area contributed by atoms with Crippen molar-refractivity contribution in [3.63, 3.8) is 0 Å². The van der Waals surface area contributed by atoms with Crippen molar-refractivity contribution in [2.45, 2.75) is 25.9 Å². The Labute approximate surface area is 61.1 Å². The third-order valence-electron chi connectivity index (χ3n) is 2.02. The van der Waals surface area contributed by atoms with E-state index in [-0.39, 0.29) is 5.84 Å². The molecule has 1 rings (SSSR count). The molecule has 0 aromatic carbocycles. The molecule has 58 valence electrons. The van der Waals surface area contributed by atoms with Crippen LogP contribution in [0.1, 0.15) is 19.8 Å². The second-order valence-corrected chi connectivity index (χ2v) is 2.85. The fraction of sp³-hybridized carbons (Fsp3) is 0.857. The van der Waals surface area contributed by atoms with Crippen LogP contribution in [0, 0.1) is 11.3 Å². The Bertz CT molecular complexity index is 136. The highest BCUT2D eigenvalue weighted by atomic mass is 16.5. The van der Waals surface area contributed by atoms with E-state index in [0.717, 1.165) is 13.0 Å². The molecule has 1 fully saturated rings. The molecule has 0 amide bonds. The normalized spacial score (nSPS) is 32.5. The highest BCUT2D eigenvalue weighted by Crippen LogP contribution is 2.22. The Morgan fingerprint density at radius 3 is 2.90 bits per heavy atom. The zero-order valence-corrected chi connectivity index (χ0v) is 6.26. The van der Waals surface area contributed by atoms with Gasteiger partial charge in [0.2, 0.25) is 0 Å². The highest BCUT2D eigenvalue weighted by Gasteiger charge is 2.24. The minimum atomic E-state index is 0.280. The van der Waals surface area contributed by atoms with Crippen LogP contribution in [0.2, 0.25) is 0 Å². The maximum atomic E-state index is 7.07. The number of hydrogen-bond donors (Lipinski definition) is 2. The molecule has 0 bridgehead atoms. The Morgan fingerprint density at radius 1 is 1.80 bits per heavy atom. The van der Waals surface area contributed by atoms with Crippen molar-refractivity contribution >= 4 is 5.84 Å². The van der Waals surface area contributed by atoms with Crippen LogP contribution in [-0.2, 0) is 4.74 Å². The van der Waals surface area contributed by atoms with Gasteiger partial charge in [0.15, 0.2) is 0 Å². The first-order valence-electron chi connectivity index (χ1n) is 3.64. The van der Waals surface area contributed by atoms with Crippen LogP contribution in [0.15, 0.2) is 0 Å². The van der Waals surface area contributed by atoms with Crippen molar-refractivity contribution in [3.05, 3.63) is 0 Å². The van der Waals surface area contributed by atoms with Gasteiger partial charge in [0.25, 0.3) is 0 Å². The Morgan fingerprint density at radius 2 is 2.50 bits per heavy atom. The van der Waals surface area contributed by atoms with Crippen molar-refractivity contribution in [2.24, 2.45) is 11.7 Å². The van der Waals surface area contributed by atoms with Gasteiger partial charge in [0, 0.05) is 13.0 Å². The second kappa shape index (κ2) is 3.01. The molecule has 3 nitrogen and oxygen atoms in total. The SMILES string of the molecule is CC1OCCC1CC(=N)N. The molecule has 0 aliphatic carbocycles. The second-order valence-electron chi connectivity index (χ2n) is 2.85. The van der Waals surface area contributed by atoms with E-state index < -0.39 is 0 Å². The van der Waals surface area contributed by atoms with Crippen molar-refractivity contribution < 1.29 is 4.74 Å². The molecular weight excluding hydrogens is 128 g/mol. The summed E-state index contributed by atoms with van der Waals surface area (Å²) >= 11 is 0. The number of hydrogen-bond acceptors (Lipinski definition) is 2. The van der Waals surface area contributed by atoms with Gasteiger partial charge >= 0.3 is 0 Å². The standard InChI is InChI=1S/C7H14N2O/c1-5-6(2-3-10-5)4-7(8)9/h5-6H,2-4H2,1H3,(H3,8,9). The average molecular weight is 142 g/mol. The molecule has 10 heavy (non-hydrogen) atoms. The largest absolute Gasteiger partial charge is 0.388 e. The van der Waals surface area contributed by atoms with E-state index in [1.54, 1.807) is 0 Å². The summed E-state index contributed by atoms with van der Waals surface area (Å²) in [5.74, 6) is 0.764. The van der Waals surface area contributed by atoms with E-state index in [1.165, 1.54) is 0 Å². The molecule has 0 aromatic rings. The fourth-order valence-corrected chi connectivity index (χ4v) is 1.33. The predicted octanol–water partition coefficient (Wildman–Crippen LogP) is 0.737. The van der Waals surface area contributed by atoms with E-state index in [0.29, 0.717) is 18.4 Å². The van der Waals surface area contributed by atoms with Gasteiger partial charge in [-0.2, -0.15) is 0 Å². The number of rotatable bonds is 2. The lowest BCUT2D eigenvalue weighted by molar-refractivity contribution is 0.107. The first-order chi connectivity index (χ1) is 4.70. The first kappa shape index (κ1) is 7.54. The van der Waals surface area contributed by atoms with Crippen LogP contribution >= 0.6 is 0 Å². The summed E-state index contributed by atoms with van der Waals surface area (Å²) in [7, 11) is 0. The lowest BCUT2D eigenvalue weighted by atomic mass is 9.98. The summed E-state index contributed by atoms with van der Waals surface area (Å²) in [5, 5.41) is 7.07. The van der Waals surface area contributed by atoms with Gasteiger partial charge in [-0.15, -0.1) is 0 Å². The van der Waals surface area contributed by atoms with E-state index in [2.05, 4.69) is 0 Å². The van der Waals surface area contributed by atoms with E-state index in [9.17, 15) is 0 Å². The minimum absolute atomic E-state index is 0.280. The summed E-state index contributed by atoms with van der Waals surface area (Å²) in [5.41, 5.74) is 5.26. The van der Waals surface area contributed by atoms with Crippen LogP contribution in [0.3, 0.4) is 0 Å². The molecule has 3 heteroatoms. The molecule has 1 aliphatic rings. The van der Waals surface area contributed by atoms with Crippen molar-refractivity contribution in [3.8, 4) is 0 Å². The zero-order valence-electron chi connectivity index (χ0n) is 6.26. The van der Waals surface area contributed by atoms with Crippen LogP contribution in [-0.4, -0.2) is 18.5 Å². The predicted molar refractivity (Wildman–Crippen MR) is 40.1 cm³/mol. The third-order valence-corrected chi connectivity index (χ3v) is 2.02. The van der Waals surface area contributed by atoms with Crippen LogP contribution in [0.5, 0.6) is 0 Å². The number of amidine groups is 1. The van der Waals surface area contributed by atoms with E-state index in [1.807, 2.05) is 6.92 Å². The maximum Gasteiger partial charge on any atom is 0.0909 e. The molecule has 0 aromatic heterocycles. The third kappa shape index (κ3) is 1.70.